The Morgan fingerprint density at radius 3 is 2.88 bits per heavy atom. The van der Waals surface area contributed by atoms with E-state index < -0.39 is 0 Å². The van der Waals surface area contributed by atoms with Crippen LogP contribution in [0.15, 0.2) is 12.5 Å². The van der Waals surface area contributed by atoms with Gasteiger partial charge in [0.2, 0.25) is 0 Å². The Hall–Kier alpha value is -0.580. The average molecular weight is 244 g/mol. The van der Waals surface area contributed by atoms with Gasteiger partial charge in [-0.3, -0.25) is 4.90 Å². The summed E-state index contributed by atoms with van der Waals surface area (Å²) >= 11 is 5.81. The molecule has 0 radical (unpaired) electrons. The van der Waals surface area contributed by atoms with Gasteiger partial charge in [-0.05, 0) is 6.42 Å². The molecule has 0 unspecified atom stereocenters. The van der Waals surface area contributed by atoms with Crippen LogP contribution in [0.25, 0.3) is 0 Å². The second-order valence-electron chi connectivity index (χ2n) is 4.02. The van der Waals surface area contributed by atoms with E-state index in [1.54, 1.807) is 0 Å². The Morgan fingerprint density at radius 2 is 2.12 bits per heavy atom. The number of alkyl halides is 1. The fraction of sp³-hybridized carbons (Fsp3) is 0.727. The summed E-state index contributed by atoms with van der Waals surface area (Å²) in [6.07, 6.45) is 4.83. The molecule has 0 N–H and O–H groups in total. The third kappa shape index (κ3) is 3.20. The lowest BCUT2D eigenvalue weighted by Crippen LogP contribution is -2.37. The van der Waals surface area contributed by atoms with Crippen LogP contribution >= 0.6 is 11.6 Å². The van der Waals surface area contributed by atoms with Gasteiger partial charge >= 0.3 is 0 Å². The third-order valence-electron chi connectivity index (χ3n) is 2.91. The van der Waals surface area contributed by atoms with Crippen molar-refractivity contribution in [3.05, 3.63) is 18.2 Å². The van der Waals surface area contributed by atoms with Gasteiger partial charge in [0.15, 0.2) is 0 Å². The van der Waals surface area contributed by atoms with Crippen LogP contribution in [0.2, 0.25) is 0 Å². The average Bonchev–Trinajstić information content (AvgIpc) is 2.78. The van der Waals surface area contributed by atoms with Crippen molar-refractivity contribution in [3.8, 4) is 0 Å². The van der Waals surface area contributed by atoms with Crippen molar-refractivity contribution in [1.82, 2.24) is 14.5 Å². The lowest BCUT2D eigenvalue weighted by atomic mass is 10.3. The zero-order chi connectivity index (χ0) is 11.2. The maximum Gasteiger partial charge on any atom is 0.0948 e. The number of aryl methyl sites for hydroxylation is 1. The predicted molar refractivity (Wildman–Crippen MR) is 63.7 cm³/mol. The molecule has 4 nitrogen and oxygen atoms in total. The van der Waals surface area contributed by atoms with Crippen LogP contribution in [-0.2, 0) is 17.2 Å². The van der Waals surface area contributed by atoms with Gasteiger partial charge in [0, 0.05) is 32.4 Å². The van der Waals surface area contributed by atoms with Crippen molar-refractivity contribution in [2.75, 3.05) is 32.8 Å². The van der Waals surface area contributed by atoms with Crippen molar-refractivity contribution in [2.45, 2.75) is 18.8 Å². The van der Waals surface area contributed by atoms with Gasteiger partial charge in [-0.15, -0.1) is 11.6 Å². The summed E-state index contributed by atoms with van der Waals surface area (Å²) < 4.78 is 7.45. The molecule has 2 heterocycles. The number of rotatable bonds is 5. The molecule has 1 saturated heterocycles. The molecule has 0 aromatic carbocycles. The molecule has 1 aromatic rings. The first kappa shape index (κ1) is 11.9. The quantitative estimate of drug-likeness (QED) is 0.732. The van der Waals surface area contributed by atoms with Gasteiger partial charge in [0.1, 0.15) is 0 Å². The summed E-state index contributed by atoms with van der Waals surface area (Å²) in [5.41, 5.74) is 1.10. The van der Waals surface area contributed by atoms with Crippen LogP contribution in [0.3, 0.4) is 0 Å². The highest BCUT2D eigenvalue weighted by Gasteiger charge is 2.09. The minimum atomic E-state index is 0.539. The van der Waals surface area contributed by atoms with Crippen LogP contribution in [0.5, 0.6) is 0 Å². The van der Waals surface area contributed by atoms with E-state index in [0.717, 1.165) is 51.5 Å². The monoisotopic (exact) mass is 243 g/mol. The zero-order valence-electron chi connectivity index (χ0n) is 9.44. The van der Waals surface area contributed by atoms with E-state index in [1.165, 1.54) is 0 Å². The number of hydrogen-bond donors (Lipinski definition) is 0. The highest BCUT2D eigenvalue weighted by atomic mass is 35.5. The van der Waals surface area contributed by atoms with Crippen molar-refractivity contribution in [2.24, 2.45) is 0 Å². The van der Waals surface area contributed by atoms with Gasteiger partial charge in [0.25, 0.3) is 0 Å². The SMILES string of the molecule is ClCc1cncn1CCCN1CCOCC1. The number of morpholine rings is 1. The molecule has 1 aliphatic heterocycles. The number of aromatic nitrogens is 2. The van der Waals surface area contributed by atoms with E-state index in [-0.39, 0.29) is 0 Å². The van der Waals surface area contributed by atoms with E-state index >= 15 is 0 Å². The van der Waals surface area contributed by atoms with E-state index in [4.69, 9.17) is 16.3 Å². The molecule has 1 aromatic heterocycles. The van der Waals surface area contributed by atoms with Gasteiger partial charge in [-0.25, -0.2) is 4.98 Å². The van der Waals surface area contributed by atoms with E-state index in [0.29, 0.717) is 5.88 Å². The maximum atomic E-state index is 5.81. The highest BCUT2D eigenvalue weighted by Crippen LogP contribution is 2.05. The Morgan fingerprint density at radius 1 is 1.31 bits per heavy atom. The smallest absolute Gasteiger partial charge is 0.0948 e. The van der Waals surface area contributed by atoms with E-state index in [1.807, 2.05) is 12.5 Å². The molecular weight excluding hydrogens is 226 g/mol. The molecule has 0 saturated carbocycles. The van der Waals surface area contributed by atoms with Crippen molar-refractivity contribution in [3.63, 3.8) is 0 Å². The third-order valence-corrected chi connectivity index (χ3v) is 3.19. The lowest BCUT2D eigenvalue weighted by Gasteiger charge is -2.26. The molecular formula is C11H18ClN3O. The van der Waals surface area contributed by atoms with Crippen molar-refractivity contribution < 1.29 is 4.74 Å². The number of nitrogens with zero attached hydrogens (tertiary/aromatic N) is 3. The molecule has 0 aliphatic carbocycles. The summed E-state index contributed by atoms with van der Waals surface area (Å²) in [7, 11) is 0. The number of ether oxygens (including phenoxy) is 1. The fourth-order valence-corrected chi connectivity index (χ4v) is 2.17. The zero-order valence-corrected chi connectivity index (χ0v) is 10.2. The van der Waals surface area contributed by atoms with Crippen LogP contribution in [0, 0.1) is 0 Å². The van der Waals surface area contributed by atoms with Crippen LogP contribution in [0.1, 0.15) is 12.1 Å². The number of halogens is 1. The van der Waals surface area contributed by atoms with Crippen LogP contribution in [-0.4, -0.2) is 47.3 Å². The maximum absolute atomic E-state index is 5.81. The molecule has 16 heavy (non-hydrogen) atoms. The summed E-state index contributed by atoms with van der Waals surface area (Å²) in [5.74, 6) is 0.539. The molecule has 1 aliphatic rings. The second kappa shape index (κ2) is 6.23. The number of imidazole rings is 1. The standard InChI is InChI=1S/C11H18ClN3O/c12-8-11-9-13-10-15(11)3-1-2-14-4-6-16-7-5-14/h9-10H,1-8H2. The largest absolute Gasteiger partial charge is 0.379 e. The lowest BCUT2D eigenvalue weighted by molar-refractivity contribution is 0.0369. The number of hydrogen-bond acceptors (Lipinski definition) is 3. The molecule has 0 bridgehead atoms. The predicted octanol–water partition coefficient (Wildman–Crippen LogP) is 1.34. The first-order valence-electron chi connectivity index (χ1n) is 5.75. The van der Waals surface area contributed by atoms with E-state index in [2.05, 4.69) is 14.5 Å². The van der Waals surface area contributed by atoms with Gasteiger partial charge in [0.05, 0.1) is 31.1 Å². The first-order chi connectivity index (χ1) is 7.90. The fourth-order valence-electron chi connectivity index (χ4n) is 1.95. The Kier molecular flexibility index (Phi) is 4.63. The van der Waals surface area contributed by atoms with Crippen LogP contribution in [0.4, 0.5) is 0 Å². The Balaban J connectivity index is 1.71. The van der Waals surface area contributed by atoms with Crippen molar-refractivity contribution in [1.29, 1.82) is 0 Å². The van der Waals surface area contributed by atoms with Gasteiger partial charge in [-0.2, -0.15) is 0 Å². The van der Waals surface area contributed by atoms with Gasteiger partial charge < -0.3 is 9.30 Å². The molecule has 1 fully saturated rings. The summed E-state index contributed by atoms with van der Waals surface area (Å²) in [6, 6.07) is 0. The Bertz CT molecular complexity index is 310. The first-order valence-corrected chi connectivity index (χ1v) is 6.28. The summed E-state index contributed by atoms with van der Waals surface area (Å²) in [5, 5.41) is 0. The highest BCUT2D eigenvalue weighted by molar-refractivity contribution is 6.16. The summed E-state index contributed by atoms with van der Waals surface area (Å²) in [6.45, 7) is 6.00. The van der Waals surface area contributed by atoms with Gasteiger partial charge in [-0.1, -0.05) is 0 Å². The minimum Gasteiger partial charge on any atom is -0.379 e. The molecule has 5 heteroatoms. The van der Waals surface area contributed by atoms with Crippen molar-refractivity contribution >= 4 is 11.6 Å². The molecule has 0 atom stereocenters. The molecule has 2 rings (SSSR count). The minimum absolute atomic E-state index is 0.539. The Labute approximate surface area is 101 Å². The topological polar surface area (TPSA) is 30.3 Å². The molecule has 0 spiro atoms. The summed E-state index contributed by atoms with van der Waals surface area (Å²) in [4.78, 5) is 6.55. The molecule has 90 valence electrons. The second-order valence-corrected chi connectivity index (χ2v) is 4.29. The van der Waals surface area contributed by atoms with Crippen LogP contribution < -0.4 is 0 Å². The van der Waals surface area contributed by atoms with E-state index in [9.17, 15) is 0 Å². The normalized spacial score (nSPS) is 17.8. The molecule has 0 amide bonds.